The maximum absolute atomic E-state index is 8.29. The van der Waals surface area contributed by atoms with Crippen LogP contribution < -0.4 is 5.73 Å². The molecule has 1 atom stereocenters. The fourth-order valence-electron chi connectivity index (χ4n) is 0.370. The van der Waals surface area contributed by atoms with E-state index in [0.717, 1.165) is 12.8 Å². The molecule has 0 aliphatic rings. The van der Waals surface area contributed by atoms with Gasteiger partial charge in [-0.05, 0) is 12.8 Å². The zero-order valence-electron chi connectivity index (χ0n) is 4.72. The topological polar surface area (TPSA) is 46.2 Å². The van der Waals surface area contributed by atoms with Crippen molar-refractivity contribution >= 4 is 0 Å². The van der Waals surface area contributed by atoms with Crippen LogP contribution in [0.25, 0.3) is 0 Å². The largest absolute Gasteiger partial charge is 0.396 e. The van der Waals surface area contributed by atoms with E-state index in [2.05, 4.69) is 0 Å². The van der Waals surface area contributed by atoms with Gasteiger partial charge >= 0.3 is 0 Å². The maximum atomic E-state index is 8.29. The van der Waals surface area contributed by atoms with Crippen LogP contribution in [0.5, 0.6) is 0 Å². The molecule has 7 heavy (non-hydrogen) atoms. The van der Waals surface area contributed by atoms with E-state index < -0.39 is 0 Å². The normalized spacial score (nSPS) is 14.1. The van der Waals surface area contributed by atoms with Crippen molar-refractivity contribution in [1.82, 2.24) is 0 Å². The number of aliphatic hydroxyl groups excluding tert-OH is 1. The molecule has 44 valence electrons. The van der Waals surface area contributed by atoms with Gasteiger partial charge in [-0.15, -0.1) is 0 Å². The first kappa shape index (κ1) is 6.92. The smallest absolute Gasteiger partial charge is 0.0445 e. The molecule has 0 aromatic carbocycles. The van der Waals surface area contributed by atoms with Crippen molar-refractivity contribution in [2.45, 2.75) is 25.8 Å². The van der Waals surface area contributed by atoms with E-state index in [0.29, 0.717) is 0 Å². The van der Waals surface area contributed by atoms with E-state index >= 15 is 0 Å². The predicted octanol–water partition coefficient (Wildman–Crippen LogP) is 0.106. The standard InChI is InChI=1S/C5H13NO/c1-2-5(6)3-4-7/h5,7H,2-4,6H2,1H3/t5-/m0/s1. The van der Waals surface area contributed by atoms with E-state index in [9.17, 15) is 0 Å². The highest BCUT2D eigenvalue weighted by Gasteiger charge is 1.93. The second-order valence-corrected chi connectivity index (χ2v) is 1.68. The average Bonchev–Trinajstić information content (AvgIpc) is 1.68. The lowest BCUT2D eigenvalue weighted by atomic mass is 10.2. The van der Waals surface area contributed by atoms with E-state index in [1.54, 1.807) is 0 Å². The highest BCUT2D eigenvalue weighted by atomic mass is 16.3. The molecule has 0 heterocycles. The molecule has 0 bridgehead atoms. The molecule has 0 radical (unpaired) electrons. The van der Waals surface area contributed by atoms with Crippen LogP contribution in [0.15, 0.2) is 0 Å². The Labute approximate surface area is 44.3 Å². The second kappa shape index (κ2) is 4.09. The summed E-state index contributed by atoms with van der Waals surface area (Å²) < 4.78 is 0. The summed E-state index contributed by atoms with van der Waals surface area (Å²) in [6.07, 6.45) is 1.69. The summed E-state index contributed by atoms with van der Waals surface area (Å²) in [5.74, 6) is 0. The summed E-state index contributed by atoms with van der Waals surface area (Å²) >= 11 is 0. The van der Waals surface area contributed by atoms with Gasteiger partial charge in [-0.3, -0.25) is 0 Å². The van der Waals surface area contributed by atoms with Gasteiger partial charge in [-0.2, -0.15) is 0 Å². The molecule has 3 N–H and O–H groups in total. The molecular formula is C5H13NO. The molecule has 0 fully saturated rings. The van der Waals surface area contributed by atoms with Crippen LogP contribution in [0.1, 0.15) is 19.8 Å². The lowest BCUT2D eigenvalue weighted by Crippen LogP contribution is -2.19. The highest BCUT2D eigenvalue weighted by Crippen LogP contribution is 1.89. The quantitative estimate of drug-likeness (QED) is 0.532. The Morgan fingerprint density at radius 3 is 2.43 bits per heavy atom. The Morgan fingerprint density at radius 2 is 2.29 bits per heavy atom. The van der Waals surface area contributed by atoms with Crippen LogP contribution in [-0.2, 0) is 0 Å². The number of nitrogens with two attached hydrogens (primary N) is 1. The summed E-state index contributed by atoms with van der Waals surface area (Å²) in [6, 6.07) is 0.199. The molecule has 0 amide bonds. The highest BCUT2D eigenvalue weighted by molar-refractivity contribution is 4.54. The second-order valence-electron chi connectivity index (χ2n) is 1.68. The van der Waals surface area contributed by atoms with E-state index in [1.807, 2.05) is 6.92 Å². The minimum absolute atomic E-state index is 0.199. The summed E-state index contributed by atoms with van der Waals surface area (Å²) in [5.41, 5.74) is 5.42. The summed E-state index contributed by atoms with van der Waals surface area (Å²) in [5, 5.41) is 8.29. The van der Waals surface area contributed by atoms with Crippen molar-refractivity contribution in [3.8, 4) is 0 Å². The van der Waals surface area contributed by atoms with Crippen molar-refractivity contribution in [2.24, 2.45) is 5.73 Å². The molecule has 0 unspecified atom stereocenters. The lowest BCUT2D eigenvalue weighted by Gasteiger charge is -2.02. The number of aliphatic hydroxyl groups is 1. The monoisotopic (exact) mass is 103 g/mol. The van der Waals surface area contributed by atoms with Crippen molar-refractivity contribution in [2.75, 3.05) is 6.61 Å². The molecular weight excluding hydrogens is 90.1 g/mol. The predicted molar refractivity (Wildman–Crippen MR) is 30.0 cm³/mol. The van der Waals surface area contributed by atoms with Gasteiger partial charge in [-0.25, -0.2) is 0 Å². The molecule has 0 aliphatic heterocycles. The van der Waals surface area contributed by atoms with Gasteiger partial charge in [0.05, 0.1) is 0 Å². The molecule has 0 spiro atoms. The Hall–Kier alpha value is -0.0800. The summed E-state index contributed by atoms with van der Waals surface area (Å²) in [7, 11) is 0. The Balaban J connectivity index is 2.83. The first-order valence-corrected chi connectivity index (χ1v) is 2.67. The minimum Gasteiger partial charge on any atom is -0.396 e. The van der Waals surface area contributed by atoms with Crippen molar-refractivity contribution < 1.29 is 5.11 Å². The Bertz CT molecular complexity index is 39.1. The zero-order valence-corrected chi connectivity index (χ0v) is 4.72. The van der Waals surface area contributed by atoms with Crippen LogP contribution in [0.4, 0.5) is 0 Å². The van der Waals surface area contributed by atoms with Crippen molar-refractivity contribution in [3.05, 3.63) is 0 Å². The first-order valence-electron chi connectivity index (χ1n) is 2.67. The third-order valence-corrected chi connectivity index (χ3v) is 1.02. The van der Waals surface area contributed by atoms with Crippen molar-refractivity contribution in [3.63, 3.8) is 0 Å². The fourth-order valence-corrected chi connectivity index (χ4v) is 0.370. The fraction of sp³-hybridized carbons (Fsp3) is 1.00. The van der Waals surface area contributed by atoms with Crippen LogP contribution in [0.2, 0.25) is 0 Å². The molecule has 0 aliphatic carbocycles. The summed E-state index contributed by atoms with van der Waals surface area (Å²) in [6.45, 7) is 2.23. The van der Waals surface area contributed by atoms with E-state index in [1.165, 1.54) is 0 Å². The number of hydrogen-bond donors (Lipinski definition) is 2. The van der Waals surface area contributed by atoms with Gasteiger partial charge in [0.15, 0.2) is 0 Å². The molecule has 0 aromatic heterocycles. The number of rotatable bonds is 3. The van der Waals surface area contributed by atoms with Crippen LogP contribution in [-0.4, -0.2) is 17.8 Å². The third-order valence-electron chi connectivity index (χ3n) is 1.02. The molecule has 0 saturated heterocycles. The molecule has 0 saturated carbocycles. The molecule has 0 aromatic rings. The summed E-state index contributed by atoms with van der Waals surface area (Å²) in [4.78, 5) is 0. The van der Waals surface area contributed by atoms with E-state index in [4.69, 9.17) is 10.8 Å². The van der Waals surface area contributed by atoms with Gasteiger partial charge in [-0.1, -0.05) is 6.92 Å². The average molecular weight is 103 g/mol. The lowest BCUT2D eigenvalue weighted by molar-refractivity contribution is 0.274. The number of hydrogen-bond acceptors (Lipinski definition) is 2. The molecule has 2 heteroatoms. The molecule has 2 nitrogen and oxygen atoms in total. The van der Waals surface area contributed by atoms with Gasteiger partial charge in [0.1, 0.15) is 0 Å². The molecule has 0 rings (SSSR count). The van der Waals surface area contributed by atoms with Gasteiger partial charge in [0, 0.05) is 12.6 Å². The van der Waals surface area contributed by atoms with Crippen molar-refractivity contribution in [1.29, 1.82) is 0 Å². The van der Waals surface area contributed by atoms with Gasteiger partial charge in [0.25, 0.3) is 0 Å². The Kier molecular flexibility index (Phi) is 4.04. The minimum atomic E-state index is 0.199. The van der Waals surface area contributed by atoms with Crippen LogP contribution in [0, 0.1) is 0 Å². The third kappa shape index (κ3) is 3.76. The maximum Gasteiger partial charge on any atom is 0.0445 e. The van der Waals surface area contributed by atoms with Crippen LogP contribution >= 0.6 is 0 Å². The van der Waals surface area contributed by atoms with E-state index in [-0.39, 0.29) is 12.6 Å². The van der Waals surface area contributed by atoms with Gasteiger partial charge < -0.3 is 10.8 Å². The zero-order chi connectivity index (χ0) is 5.70. The van der Waals surface area contributed by atoms with Crippen LogP contribution in [0.3, 0.4) is 0 Å². The Morgan fingerprint density at radius 1 is 1.71 bits per heavy atom. The first-order chi connectivity index (χ1) is 3.31. The SMILES string of the molecule is CC[C@H](N)CCO. The van der Waals surface area contributed by atoms with Gasteiger partial charge in [0.2, 0.25) is 0 Å².